The number of rotatable bonds is 8. The average Bonchev–Trinajstić information content (AvgIpc) is 2.67. The molecule has 0 aliphatic heterocycles. The van der Waals surface area contributed by atoms with Crippen LogP contribution >= 0.6 is 12.2 Å². The maximum Gasteiger partial charge on any atom is 0.226 e. The lowest BCUT2D eigenvalue weighted by molar-refractivity contribution is -0.119. The van der Waals surface area contributed by atoms with Gasteiger partial charge in [-0.3, -0.25) is 9.59 Å². The molecule has 0 unspecified atom stereocenters. The third-order valence-corrected chi connectivity index (χ3v) is 4.12. The van der Waals surface area contributed by atoms with Crippen LogP contribution in [-0.4, -0.2) is 16.9 Å². The van der Waals surface area contributed by atoms with Crippen molar-refractivity contribution in [2.45, 2.75) is 39.0 Å². The van der Waals surface area contributed by atoms with Gasteiger partial charge in [0.1, 0.15) is 0 Å². The summed E-state index contributed by atoms with van der Waals surface area (Å²) in [6.45, 7) is 2.03. The number of carbonyl (C=O) groups excluding carboxylic acids is 2. The van der Waals surface area contributed by atoms with Gasteiger partial charge in [0.2, 0.25) is 11.8 Å². The molecule has 2 aromatic rings. The van der Waals surface area contributed by atoms with Crippen molar-refractivity contribution in [1.82, 2.24) is 5.32 Å². The van der Waals surface area contributed by atoms with E-state index in [1.54, 1.807) is 24.3 Å². The average molecular weight is 384 g/mol. The Balaban J connectivity index is 1.76. The predicted octanol–water partition coefficient (Wildman–Crippen LogP) is 4.26. The van der Waals surface area contributed by atoms with Crippen molar-refractivity contribution in [1.29, 1.82) is 0 Å². The number of benzene rings is 2. The number of carbonyl (C=O) groups is 2. The van der Waals surface area contributed by atoms with Crippen LogP contribution in [0.5, 0.6) is 0 Å². The molecule has 0 aromatic heterocycles. The summed E-state index contributed by atoms with van der Waals surface area (Å²) < 4.78 is 0. The first-order chi connectivity index (χ1) is 13.1. The molecule has 2 amide bonds. The molecule has 0 saturated heterocycles. The number of nitrogens with one attached hydrogen (secondary N) is 3. The van der Waals surface area contributed by atoms with E-state index in [4.69, 9.17) is 12.2 Å². The van der Waals surface area contributed by atoms with Gasteiger partial charge in [0, 0.05) is 24.2 Å². The minimum Gasteiger partial charge on any atom is -0.332 e. The van der Waals surface area contributed by atoms with Crippen LogP contribution in [0.2, 0.25) is 0 Å². The van der Waals surface area contributed by atoms with Gasteiger partial charge in [-0.05, 0) is 54.9 Å². The van der Waals surface area contributed by atoms with Gasteiger partial charge < -0.3 is 16.0 Å². The molecule has 2 rings (SSSR count). The van der Waals surface area contributed by atoms with E-state index in [2.05, 4.69) is 16.0 Å². The Kier molecular flexibility index (Phi) is 8.45. The van der Waals surface area contributed by atoms with Gasteiger partial charge in [0.05, 0.1) is 0 Å². The summed E-state index contributed by atoms with van der Waals surface area (Å²) in [5.41, 5.74) is 2.61. The van der Waals surface area contributed by atoms with Crippen molar-refractivity contribution >= 4 is 40.5 Å². The Bertz CT molecular complexity index is 761. The van der Waals surface area contributed by atoms with E-state index in [9.17, 15) is 9.59 Å². The van der Waals surface area contributed by atoms with Gasteiger partial charge in [-0.1, -0.05) is 43.7 Å². The maximum atomic E-state index is 12.1. The number of hydrogen-bond acceptors (Lipinski definition) is 3. The second kappa shape index (κ2) is 11.1. The van der Waals surface area contributed by atoms with Crippen LogP contribution in [0.25, 0.3) is 0 Å². The van der Waals surface area contributed by atoms with Crippen molar-refractivity contribution in [3.05, 3.63) is 60.2 Å². The number of unbranched alkanes of at least 4 members (excludes halogenated alkanes) is 1. The molecular weight excluding hydrogens is 358 g/mol. The summed E-state index contributed by atoms with van der Waals surface area (Å²) >= 11 is 5.13. The summed E-state index contributed by atoms with van der Waals surface area (Å²) in [5, 5.41) is 8.77. The monoisotopic (exact) mass is 383 g/mol. The molecule has 0 fully saturated rings. The highest BCUT2D eigenvalue weighted by Crippen LogP contribution is 2.14. The molecule has 0 aliphatic carbocycles. The summed E-state index contributed by atoms with van der Waals surface area (Å²) in [5.74, 6) is -0.116. The molecule has 0 bridgehead atoms. The Morgan fingerprint density at radius 1 is 0.852 bits per heavy atom. The van der Waals surface area contributed by atoms with Crippen LogP contribution in [-0.2, 0) is 16.0 Å². The minimum atomic E-state index is -0.0864. The number of anilines is 2. The number of hydrogen-bond donors (Lipinski definition) is 3. The highest BCUT2D eigenvalue weighted by Gasteiger charge is 2.06. The molecule has 0 saturated carbocycles. The second-order valence-electron chi connectivity index (χ2n) is 6.22. The fourth-order valence-electron chi connectivity index (χ4n) is 2.45. The fourth-order valence-corrected chi connectivity index (χ4v) is 2.68. The maximum absolute atomic E-state index is 12.1. The van der Waals surface area contributed by atoms with E-state index in [0.717, 1.165) is 29.8 Å². The van der Waals surface area contributed by atoms with Gasteiger partial charge >= 0.3 is 0 Å². The van der Waals surface area contributed by atoms with Crippen LogP contribution in [0.1, 0.15) is 38.2 Å². The van der Waals surface area contributed by atoms with Crippen molar-refractivity contribution < 1.29 is 9.59 Å². The van der Waals surface area contributed by atoms with Crippen molar-refractivity contribution in [3.63, 3.8) is 0 Å². The van der Waals surface area contributed by atoms with Gasteiger partial charge in [-0.15, -0.1) is 0 Å². The van der Waals surface area contributed by atoms with Crippen LogP contribution in [0.3, 0.4) is 0 Å². The van der Waals surface area contributed by atoms with Gasteiger partial charge in [-0.25, -0.2) is 0 Å². The van der Waals surface area contributed by atoms with Crippen molar-refractivity contribution in [2.24, 2.45) is 0 Å². The lowest BCUT2D eigenvalue weighted by Crippen LogP contribution is -2.33. The summed E-state index contributed by atoms with van der Waals surface area (Å²) in [6.07, 6.45) is 3.40. The first-order valence-electron chi connectivity index (χ1n) is 9.11. The Labute approximate surface area is 165 Å². The minimum absolute atomic E-state index is 0.0294. The molecule has 6 heteroatoms. The van der Waals surface area contributed by atoms with Gasteiger partial charge in [0.15, 0.2) is 5.11 Å². The highest BCUT2D eigenvalue weighted by atomic mass is 32.1. The second-order valence-corrected chi connectivity index (χ2v) is 6.63. The van der Waals surface area contributed by atoms with Crippen LogP contribution in [0.15, 0.2) is 54.6 Å². The topological polar surface area (TPSA) is 70.2 Å². The third kappa shape index (κ3) is 8.00. The smallest absolute Gasteiger partial charge is 0.226 e. The molecule has 0 atom stereocenters. The van der Waals surface area contributed by atoms with E-state index in [0.29, 0.717) is 19.3 Å². The highest BCUT2D eigenvalue weighted by molar-refractivity contribution is 7.80. The molecular formula is C21H25N3O2S. The molecule has 5 nitrogen and oxygen atoms in total. The summed E-state index contributed by atoms with van der Waals surface area (Å²) in [7, 11) is 0. The first kappa shape index (κ1) is 20.6. The van der Waals surface area contributed by atoms with E-state index in [1.165, 1.54) is 0 Å². The molecule has 27 heavy (non-hydrogen) atoms. The molecule has 0 aliphatic rings. The van der Waals surface area contributed by atoms with E-state index in [1.807, 2.05) is 37.3 Å². The van der Waals surface area contributed by atoms with E-state index in [-0.39, 0.29) is 16.9 Å². The molecule has 2 aromatic carbocycles. The molecule has 142 valence electrons. The van der Waals surface area contributed by atoms with Crippen LogP contribution in [0, 0.1) is 0 Å². The normalized spacial score (nSPS) is 10.1. The predicted molar refractivity (Wildman–Crippen MR) is 114 cm³/mol. The molecule has 0 spiro atoms. The number of aryl methyl sites for hydroxylation is 1. The zero-order valence-electron chi connectivity index (χ0n) is 15.5. The lowest BCUT2D eigenvalue weighted by atomic mass is 10.1. The zero-order valence-corrected chi connectivity index (χ0v) is 16.3. The number of amides is 2. The Morgan fingerprint density at radius 3 is 2.11 bits per heavy atom. The van der Waals surface area contributed by atoms with Crippen molar-refractivity contribution in [2.75, 3.05) is 10.6 Å². The van der Waals surface area contributed by atoms with Crippen LogP contribution < -0.4 is 16.0 Å². The largest absolute Gasteiger partial charge is 0.332 e. The summed E-state index contributed by atoms with van der Waals surface area (Å²) in [4.78, 5) is 23.7. The Morgan fingerprint density at radius 2 is 1.48 bits per heavy atom. The van der Waals surface area contributed by atoms with Crippen molar-refractivity contribution in [3.8, 4) is 0 Å². The quantitative estimate of drug-likeness (QED) is 0.596. The van der Waals surface area contributed by atoms with Crippen LogP contribution in [0.4, 0.5) is 11.4 Å². The first-order valence-corrected chi connectivity index (χ1v) is 9.52. The Hall–Kier alpha value is -2.73. The zero-order chi connectivity index (χ0) is 19.5. The lowest BCUT2D eigenvalue weighted by Gasteiger charge is -2.10. The SMILES string of the molecule is CCCCC(=O)NC(=S)Nc1ccc(NC(=O)CCc2ccccc2)cc1. The van der Waals surface area contributed by atoms with E-state index >= 15 is 0 Å². The molecule has 3 N–H and O–H groups in total. The van der Waals surface area contributed by atoms with Gasteiger partial charge in [-0.2, -0.15) is 0 Å². The summed E-state index contributed by atoms with van der Waals surface area (Å²) in [6, 6.07) is 17.1. The molecule has 0 radical (unpaired) electrons. The standard InChI is InChI=1S/C21H25N3O2S/c1-2-3-9-19(25)24-21(27)23-18-13-11-17(12-14-18)22-20(26)15-10-16-7-5-4-6-8-16/h4-8,11-14H,2-3,9-10,15H2,1H3,(H,22,26)(H2,23,24,25,27). The number of thiocarbonyl (C=S) groups is 1. The van der Waals surface area contributed by atoms with E-state index < -0.39 is 0 Å². The fraction of sp³-hybridized carbons (Fsp3) is 0.286. The third-order valence-electron chi connectivity index (χ3n) is 3.92. The molecule has 0 heterocycles. The van der Waals surface area contributed by atoms with Gasteiger partial charge in [0.25, 0.3) is 0 Å².